The van der Waals surface area contributed by atoms with Crippen molar-refractivity contribution in [1.82, 2.24) is 9.97 Å². The zero-order valence-electron chi connectivity index (χ0n) is 9.71. The lowest BCUT2D eigenvalue weighted by atomic mass is 10.1. The molecule has 4 nitrogen and oxygen atoms in total. The molecule has 88 valence electrons. The van der Waals surface area contributed by atoms with Gasteiger partial charge in [-0.25, -0.2) is 4.98 Å². The molecule has 1 heterocycles. The van der Waals surface area contributed by atoms with Gasteiger partial charge in [-0.05, 0) is 32.6 Å². The molecule has 0 aliphatic heterocycles. The second kappa shape index (κ2) is 5.25. The first-order valence-electron chi connectivity index (χ1n) is 6.00. The SMILES string of the molecule is CCOCc1nc2c(c(=O)[nH]1)CCCCC2. The Kier molecular flexibility index (Phi) is 3.72. The van der Waals surface area contributed by atoms with Gasteiger partial charge in [0, 0.05) is 12.2 Å². The van der Waals surface area contributed by atoms with Gasteiger partial charge >= 0.3 is 0 Å². The number of H-pyrrole nitrogens is 1. The lowest BCUT2D eigenvalue weighted by Crippen LogP contribution is -2.20. The fourth-order valence-electron chi connectivity index (χ4n) is 2.10. The van der Waals surface area contributed by atoms with E-state index in [1.165, 1.54) is 6.42 Å². The van der Waals surface area contributed by atoms with Crippen LogP contribution in [-0.4, -0.2) is 16.6 Å². The van der Waals surface area contributed by atoms with Gasteiger partial charge in [-0.1, -0.05) is 6.42 Å². The Morgan fingerprint density at radius 3 is 2.94 bits per heavy atom. The molecule has 0 unspecified atom stereocenters. The van der Waals surface area contributed by atoms with E-state index in [0.717, 1.165) is 36.9 Å². The highest BCUT2D eigenvalue weighted by atomic mass is 16.5. The van der Waals surface area contributed by atoms with Gasteiger partial charge in [0.25, 0.3) is 5.56 Å². The Morgan fingerprint density at radius 1 is 1.31 bits per heavy atom. The third-order valence-electron chi connectivity index (χ3n) is 2.93. The summed E-state index contributed by atoms with van der Waals surface area (Å²) < 4.78 is 5.26. The molecule has 1 aliphatic rings. The topological polar surface area (TPSA) is 55.0 Å². The molecule has 0 spiro atoms. The molecule has 1 aromatic heterocycles. The number of nitrogens with zero attached hydrogens (tertiary/aromatic N) is 1. The summed E-state index contributed by atoms with van der Waals surface area (Å²) in [6.07, 6.45) is 5.22. The standard InChI is InChI=1S/C12H18N2O2/c1-2-16-8-11-13-10-7-5-3-4-6-9(10)12(15)14-11/h2-8H2,1H3,(H,13,14,15). The zero-order chi connectivity index (χ0) is 11.4. The van der Waals surface area contributed by atoms with E-state index in [2.05, 4.69) is 9.97 Å². The number of hydrogen-bond acceptors (Lipinski definition) is 3. The molecule has 1 aromatic rings. The van der Waals surface area contributed by atoms with Crippen molar-refractivity contribution in [2.75, 3.05) is 6.61 Å². The molecule has 1 aliphatic carbocycles. The number of nitrogens with one attached hydrogen (secondary N) is 1. The first-order valence-corrected chi connectivity index (χ1v) is 6.00. The van der Waals surface area contributed by atoms with E-state index < -0.39 is 0 Å². The largest absolute Gasteiger partial charge is 0.374 e. The van der Waals surface area contributed by atoms with Crippen LogP contribution in [-0.2, 0) is 24.2 Å². The number of fused-ring (bicyclic) bond motifs is 1. The van der Waals surface area contributed by atoms with E-state index in [1.54, 1.807) is 0 Å². The minimum atomic E-state index is 0.0293. The maximum atomic E-state index is 11.8. The highest BCUT2D eigenvalue weighted by molar-refractivity contribution is 5.19. The van der Waals surface area contributed by atoms with Crippen molar-refractivity contribution in [3.63, 3.8) is 0 Å². The van der Waals surface area contributed by atoms with Crippen LogP contribution in [0.25, 0.3) is 0 Å². The van der Waals surface area contributed by atoms with E-state index >= 15 is 0 Å². The fourth-order valence-corrected chi connectivity index (χ4v) is 2.10. The predicted octanol–water partition coefficient (Wildman–Crippen LogP) is 1.58. The van der Waals surface area contributed by atoms with Crippen LogP contribution < -0.4 is 5.56 Å². The van der Waals surface area contributed by atoms with Crippen LogP contribution in [0.1, 0.15) is 43.3 Å². The predicted molar refractivity (Wildman–Crippen MR) is 61.4 cm³/mol. The first-order chi connectivity index (χ1) is 7.81. The van der Waals surface area contributed by atoms with Crippen LogP contribution in [0, 0.1) is 0 Å². The van der Waals surface area contributed by atoms with Crippen LogP contribution in [0.2, 0.25) is 0 Å². The van der Waals surface area contributed by atoms with Crippen LogP contribution in [0.15, 0.2) is 4.79 Å². The van der Waals surface area contributed by atoms with Crippen molar-refractivity contribution in [2.45, 2.75) is 45.6 Å². The number of rotatable bonds is 3. The molecule has 4 heteroatoms. The molecule has 0 atom stereocenters. The Hall–Kier alpha value is -1.16. The highest BCUT2D eigenvalue weighted by Crippen LogP contribution is 2.15. The molecule has 0 fully saturated rings. The van der Waals surface area contributed by atoms with Crippen molar-refractivity contribution in [2.24, 2.45) is 0 Å². The van der Waals surface area contributed by atoms with E-state index in [0.29, 0.717) is 19.0 Å². The van der Waals surface area contributed by atoms with Gasteiger partial charge in [-0.15, -0.1) is 0 Å². The number of aromatic nitrogens is 2. The van der Waals surface area contributed by atoms with Gasteiger partial charge in [0.15, 0.2) is 0 Å². The van der Waals surface area contributed by atoms with Gasteiger partial charge in [0.05, 0.1) is 5.69 Å². The number of aromatic amines is 1. The van der Waals surface area contributed by atoms with Crippen LogP contribution in [0.4, 0.5) is 0 Å². The summed E-state index contributed by atoms with van der Waals surface area (Å²) in [5.74, 6) is 0.660. The Bertz CT molecular complexity index is 412. The number of aryl methyl sites for hydroxylation is 1. The lowest BCUT2D eigenvalue weighted by Gasteiger charge is -2.07. The Balaban J connectivity index is 2.28. The van der Waals surface area contributed by atoms with Crippen molar-refractivity contribution < 1.29 is 4.74 Å². The maximum absolute atomic E-state index is 11.8. The number of ether oxygens (including phenoxy) is 1. The summed E-state index contributed by atoms with van der Waals surface area (Å²) in [5, 5.41) is 0. The molecule has 0 radical (unpaired) electrons. The normalized spacial score (nSPS) is 15.6. The molecular formula is C12H18N2O2. The molecule has 16 heavy (non-hydrogen) atoms. The van der Waals surface area contributed by atoms with Gasteiger partial charge in [0.1, 0.15) is 12.4 Å². The molecule has 0 bridgehead atoms. The minimum Gasteiger partial charge on any atom is -0.374 e. The summed E-state index contributed by atoms with van der Waals surface area (Å²) in [6, 6.07) is 0. The Labute approximate surface area is 95.1 Å². The first kappa shape index (κ1) is 11.3. The van der Waals surface area contributed by atoms with E-state index in [1.807, 2.05) is 6.92 Å². The molecule has 1 N–H and O–H groups in total. The van der Waals surface area contributed by atoms with Crippen molar-refractivity contribution in [3.05, 3.63) is 27.4 Å². The monoisotopic (exact) mass is 222 g/mol. The molecule has 0 amide bonds. The van der Waals surface area contributed by atoms with Gasteiger partial charge in [-0.3, -0.25) is 4.79 Å². The quantitative estimate of drug-likeness (QED) is 0.790. The molecular weight excluding hydrogens is 204 g/mol. The summed E-state index contributed by atoms with van der Waals surface area (Å²) in [7, 11) is 0. The third-order valence-corrected chi connectivity index (χ3v) is 2.93. The minimum absolute atomic E-state index is 0.0293. The van der Waals surface area contributed by atoms with Crippen molar-refractivity contribution >= 4 is 0 Å². The van der Waals surface area contributed by atoms with Crippen LogP contribution >= 0.6 is 0 Å². The Morgan fingerprint density at radius 2 is 2.12 bits per heavy atom. The van der Waals surface area contributed by atoms with Gasteiger partial charge in [0.2, 0.25) is 0 Å². The van der Waals surface area contributed by atoms with E-state index in [-0.39, 0.29) is 5.56 Å². The van der Waals surface area contributed by atoms with E-state index in [4.69, 9.17) is 4.74 Å². The van der Waals surface area contributed by atoms with Crippen molar-refractivity contribution in [1.29, 1.82) is 0 Å². The lowest BCUT2D eigenvalue weighted by molar-refractivity contribution is 0.128. The van der Waals surface area contributed by atoms with Crippen LogP contribution in [0.5, 0.6) is 0 Å². The molecule has 0 saturated heterocycles. The van der Waals surface area contributed by atoms with Crippen LogP contribution in [0.3, 0.4) is 0 Å². The molecule has 0 aromatic carbocycles. The van der Waals surface area contributed by atoms with Gasteiger partial charge < -0.3 is 9.72 Å². The average Bonchev–Trinajstić information content (AvgIpc) is 2.51. The summed E-state index contributed by atoms with van der Waals surface area (Å²) in [4.78, 5) is 19.1. The zero-order valence-corrected chi connectivity index (χ0v) is 9.71. The summed E-state index contributed by atoms with van der Waals surface area (Å²) in [5.41, 5.74) is 1.90. The van der Waals surface area contributed by atoms with Crippen molar-refractivity contribution in [3.8, 4) is 0 Å². The fraction of sp³-hybridized carbons (Fsp3) is 0.667. The second-order valence-corrected chi connectivity index (χ2v) is 4.14. The van der Waals surface area contributed by atoms with E-state index in [9.17, 15) is 4.79 Å². The molecule has 2 rings (SSSR count). The molecule has 0 saturated carbocycles. The number of hydrogen-bond donors (Lipinski definition) is 1. The average molecular weight is 222 g/mol. The van der Waals surface area contributed by atoms with Gasteiger partial charge in [-0.2, -0.15) is 0 Å². The summed E-state index contributed by atoms with van der Waals surface area (Å²) >= 11 is 0. The smallest absolute Gasteiger partial charge is 0.254 e. The third kappa shape index (κ3) is 2.50. The maximum Gasteiger partial charge on any atom is 0.254 e. The summed E-state index contributed by atoms with van der Waals surface area (Å²) in [6.45, 7) is 2.97. The second-order valence-electron chi connectivity index (χ2n) is 4.14. The highest BCUT2D eigenvalue weighted by Gasteiger charge is 2.14.